The highest BCUT2D eigenvalue weighted by molar-refractivity contribution is 7.80. The molecular weight excluding hydrogens is 170 g/mol. The van der Waals surface area contributed by atoms with Crippen molar-refractivity contribution in [3.8, 4) is 0 Å². The van der Waals surface area contributed by atoms with Gasteiger partial charge >= 0.3 is 0 Å². The van der Waals surface area contributed by atoms with Gasteiger partial charge in [-0.05, 0) is 6.92 Å². The Balaban J connectivity index is 0.000000810. The molecule has 0 aromatic heterocycles. The second-order valence-electron chi connectivity index (χ2n) is 2.28. The van der Waals surface area contributed by atoms with Crippen LogP contribution in [0.4, 0.5) is 0 Å². The van der Waals surface area contributed by atoms with Crippen molar-refractivity contribution in [1.29, 1.82) is 0 Å². The smallest absolute Gasteiger partial charge is 0.0594 e. The number of nitrogens with zero attached hydrogens (tertiary/aromatic N) is 1. The van der Waals surface area contributed by atoms with Crippen LogP contribution in [0.5, 0.6) is 0 Å². The summed E-state index contributed by atoms with van der Waals surface area (Å²) in [4.78, 5) is 2.30. The first-order valence-electron chi connectivity index (χ1n) is 3.30. The van der Waals surface area contributed by atoms with E-state index in [1.807, 2.05) is 0 Å². The number of morpholine rings is 1. The second-order valence-corrected chi connectivity index (χ2v) is 3.03. The minimum absolute atomic E-state index is 0. The predicted octanol–water partition coefficient (Wildman–Crippen LogP) is 1.02. The van der Waals surface area contributed by atoms with E-state index < -0.39 is 0 Å². The lowest BCUT2D eigenvalue weighted by atomic mass is 10.4. The largest absolute Gasteiger partial charge is 0.379 e. The molecule has 0 aromatic carbocycles. The zero-order valence-electron chi connectivity index (χ0n) is 6.12. The molecule has 10 heavy (non-hydrogen) atoms. The SMILES string of the molecule is CC(S)N1CCOCC1.Cl. The Hall–Kier alpha value is 0.560. The van der Waals surface area contributed by atoms with Gasteiger partial charge in [-0.1, -0.05) is 0 Å². The van der Waals surface area contributed by atoms with E-state index >= 15 is 0 Å². The van der Waals surface area contributed by atoms with Gasteiger partial charge in [0.15, 0.2) is 0 Å². The summed E-state index contributed by atoms with van der Waals surface area (Å²) in [6, 6.07) is 0. The molecule has 0 saturated carbocycles. The summed E-state index contributed by atoms with van der Waals surface area (Å²) in [6.45, 7) is 5.89. The van der Waals surface area contributed by atoms with Gasteiger partial charge in [0.2, 0.25) is 0 Å². The molecule has 62 valence electrons. The normalized spacial score (nSPS) is 23.4. The van der Waals surface area contributed by atoms with Crippen LogP contribution in [-0.2, 0) is 4.74 Å². The van der Waals surface area contributed by atoms with E-state index in [2.05, 4.69) is 24.5 Å². The number of ether oxygens (including phenoxy) is 1. The van der Waals surface area contributed by atoms with Crippen LogP contribution in [0.3, 0.4) is 0 Å². The number of thiol groups is 1. The van der Waals surface area contributed by atoms with Crippen LogP contribution in [0.2, 0.25) is 0 Å². The minimum Gasteiger partial charge on any atom is -0.379 e. The molecule has 1 heterocycles. The zero-order chi connectivity index (χ0) is 6.69. The van der Waals surface area contributed by atoms with Gasteiger partial charge in [-0.25, -0.2) is 0 Å². The van der Waals surface area contributed by atoms with Crippen LogP contribution >= 0.6 is 25.0 Å². The third-order valence-corrected chi connectivity index (χ3v) is 1.90. The van der Waals surface area contributed by atoms with Gasteiger partial charge < -0.3 is 4.74 Å². The third kappa shape index (κ3) is 3.10. The van der Waals surface area contributed by atoms with E-state index in [-0.39, 0.29) is 12.4 Å². The lowest BCUT2D eigenvalue weighted by molar-refractivity contribution is 0.0354. The summed E-state index contributed by atoms with van der Waals surface area (Å²) in [6.07, 6.45) is 0. The van der Waals surface area contributed by atoms with E-state index in [0.29, 0.717) is 5.37 Å². The molecule has 2 nitrogen and oxygen atoms in total. The fourth-order valence-electron chi connectivity index (χ4n) is 0.951. The average molecular weight is 184 g/mol. The number of halogens is 1. The first kappa shape index (κ1) is 10.6. The topological polar surface area (TPSA) is 12.5 Å². The summed E-state index contributed by atoms with van der Waals surface area (Å²) >= 11 is 4.31. The van der Waals surface area contributed by atoms with Crippen molar-refractivity contribution in [2.24, 2.45) is 0 Å². The first-order valence-corrected chi connectivity index (χ1v) is 3.82. The highest BCUT2D eigenvalue weighted by Gasteiger charge is 2.12. The molecule has 0 spiro atoms. The summed E-state index contributed by atoms with van der Waals surface area (Å²) in [5.41, 5.74) is 0. The van der Waals surface area contributed by atoms with Gasteiger partial charge in [-0.3, -0.25) is 4.90 Å². The number of hydrogen-bond donors (Lipinski definition) is 1. The Labute approximate surface area is 73.7 Å². The highest BCUT2D eigenvalue weighted by Crippen LogP contribution is 2.05. The van der Waals surface area contributed by atoms with E-state index in [1.54, 1.807) is 0 Å². The Bertz CT molecular complexity index is 85.8. The van der Waals surface area contributed by atoms with E-state index in [4.69, 9.17) is 4.74 Å². The molecule has 1 saturated heterocycles. The van der Waals surface area contributed by atoms with Crippen molar-refractivity contribution < 1.29 is 4.74 Å². The van der Waals surface area contributed by atoms with Crippen LogP contribution in [0.1, 0.15) is 6.92 Å². The maximum absolute atomic E-state index is 5.17. The molecule has 1 atom stereocenters. The highest BCUT2D eigenvalue weighted by atomic mass is 35.5. The summed E-state index contributed by atoms with van der Waals surface area (Å²) in [5.74, 6) is 0. The third-order valence-electron chi connectivity index (χ3n) is 1.57. The lowest BCUT2D eigenvalue weighted by Crippen LogP contribution is -2.39. The maximum atomic E-state index is 5.17. The fourth-order valence-corrected chi connectivity index (χ4v) is 1.18. The Morgan fingerprint density at radius 2 is 1.90 bits per heavy atom. The monoisotopic (exact) mass is 183 g/mol. The van der Waals surface area contributed by atoms with Crippen LogP contribution in [0.15, 0.2) is 0 Å². The van der Waals surface area contributed by atoms with Crippen LogP contribution in [-0.4, -0.2) is 36.6 Å². The number of hydrogen-bond acceptors (Lipinski definition) is 3. The van der Waals surface area contributed by atoms with E-state index in [0.717, 1.165) is 26.3 Å². The van der Waals surface area contributed by atoms with Crippen molar-refractivity contribution in [1.82, 2.24) is 4.90 Å². The van der Waals surface area contributed by atoms with E-state index in [1.165, 1.54) is 0 Å². The van der Waals surface area contributed by atoms with Crippen LogP contribution in [0, 0.1) is 0 Å². The molecule has 1 aliphatic rings. The van der Waals surface area contributed by atoms with Gasteiger partial charge in [0.1, 0.15) is 0 Å². The molecule has 0 aliphatic carbocycles. The molecule has 1 aliphatic heterocycles. The minimum atomic E-state index is 0. The Morgan fingerprint density at radius 1 is 1.40 bits per heavy atom. The molecule has 4 heteroatoms. The molecule has 1 fully saturated rings. The summed E-state index contributed by atoms with van der Waals surface area (Å²) in [5, 5.41) is 0.383. The molecule has 0 bridgehead atoms. The van der Waals surface area contributed by atoms with E-state index in [9.17, 15) is 0 Å². The quantitative estimate of drug-likeness (QED) is 0.610. The predicted molar refractivity (Wildman–Crippen MR) is 48.1 cm³/mol. The number of rotatable bonds is 1. The van der Waals surface area contributed by atoms with Crippen molar-refractivity contribution in [2.75, 3.05) is 26.3 Å². The van der Waals surface area contributed by atoms with Crippen molar-refractivity contribution in [3.63, 3.8) is 0 Å². The second kappa shape index (κ2) is 5.24. The van der Waals surface area contributed by atoms with Crippen molar-refractivity contribution in [2.45, 2.75) is 12.3 Å². The van der Waals surface area contributed by atoms with Gasteiger partial charge in [0.05, 0.1) is 18.6 Å². The summed E-state index contributed by atoms with van der Waals surface area (Å²) < 4.78 is 5.17. The Kier molecular flexibility index (Phi) is 5.54. The fraction of sp³-hybridized carbons (Fsp3) is 1.00. The summed E-state index contributed by atoms with van der Waals surface area (Å²) in [7, 11) is 0. The van der Waals surface area contributed by atoms with Gasteiger partial charge in [0.25, 0.3) is 0 Å². The Morgan fingerprint density at radius 3 is 2.20 bits per heavy atom. The van der Waals surface area contributed by atoms with Crippen molar-refractivity contribution in [3.05, 3.63) is 0 Å². The average Bonchev–Trinajstić information content (AvgIpc) is 1.90. The van der Waals surface area contributed by atoms with Crippen LogP contribution < -0.4 is 0 Å². The molecule has 0 N–H and O–H groups in total. The van der Waals surface area contributed by atoms with Crippen LogP contribution in [0.25, 0.3) is 0 Å². The van der Waals surface area contributed by atoms with Gasteiger partial charge in [0, 0.05) is 13.1 Å². The first-order chi connectivity index (χ1) is 4.30. The molecule has 0 aromatic rings. The molecule has 1 rings (SSSR count). The molecule has 0 amide bonds. The standard InChI is InChI=1S/C6H13NOS.ClH/c1-6(9)7-2-4-8-5-3-7;/h6,9H,2-5H2,1H3;1H. The molecular formula is C6H14ClNOS. The molecule has 1 unspecified atom stereocenters. The van der Waals surface area contributed by atoms with Gasteiger partial charge in [-0.15, -0.1) is 12.4 Å². The molecule has 0 radical (unpaired) electrons. The zero-order valence-corrected chi connectivity index (χ0v) is 7.83. The van der Waals surface area contributed by atoms with Gasteiger partial charge in [-0.2, -0.15) is 12.6 Å². The van der Waals surface area contributed by atoms with Crippen molar-refractivity contribution >= 4 is 25.0 Å². The maximum Gasteiger partial charge on any atom is 0.0594 e. The lowest BCUT2D eigenvalue weighted by Gasteiger charge is -2.29.